The van der Waals surface area contributed by atoms with Gasteiger partial charge in [0.1, 0.15) is 11.2 Å². The fourth-order valence-corrected chi connectivity index (χ4v) is 12.0. The number of rotatable bonds is 3. The first-order valence-electron chi connectivity index (χ1n) is 22.8. The second kappa shape index (κ2) is 12.6. The summed E-state index contributed by atoms with van der Waals surface area (Å²) in [6.45, 7) is 18.3. The summed E-state index contributed by atoms with van der Waals surface area (Å²) in [4.78, 5) is 5.06. The van der Waals surface area contributed by atoms with Crippen LogP contribution in [0.2, 0.25) is 0 Å². The summed E-state index contributed by atoms with van der Waals surface area (Å²) in [5, 5.41) is 4.55. The predicted molar refractivity (Wildman–Crippen MR) is 269 cm³/mol. The monoisotopic (exact) mass is 828 g/mol. The van der Waals surface area contributed by atoms with E-state index in [-0.39, 0.29) is 17.5 Å². The van der Waals surface area contributed by atoms with Gasteiger partial charge in [-0.2, -0.15) is 0 Å². The number of anilines is 6. The van der Waals surface area contributed by atoms with Crippen molar-refractivity contribution in [3.8, 4) is 0 Å². The van der Waals surface area contributed by atoms with Gasteiger partial charge in [-0.15, -0.1) is 0 Å². The van der Waals surface area contributed by atoms with Crippen molar-refractivity contribution in [2.75, 3.05) is 9.80 Å². The second-order valence-electron chi connectivity index (χ2n) is 20.7. The summed E-state index contributed by atoms with van der Waals surface area (Å²) >= 11 is 0. The molecule has 64 heavy (non-hydrogen) atoms. The largest absolute Gasteiger partial charge is 0.454 e. The van der Waals surface area contributed by atoms with Gasteiger partial charge in [0.15, 0.2) is 11.2 Å². The van der Waals surface area contributed by atoms with E-state index in [1.165, 1.54) is 72.5 Å². The van der Waals surface area contributed by atoms with Gasteiger partial charge in [0.05, 0.1) is 11.4 Å². The minimum absolute atomic E-state index is 0.00275. The molecule has 0 saturated heterocycles. The van der Waals surface area contributed by atoms with Crippen LogP contribution in [0.1, 0.15) is 81.8 Å². The fraction of sp³-hybridized carbons (Fsp3) is 0.186. The van der Waals surface area contributed by atoms with Gasteiger partial charge in [-0.1, -0.05) is 157 Å². The molecule has 0 amide bonds. The van der Waals surface area contributed by atoms with Crippen LogP contribution in [0.4, 0.5) is 34.1 Å². The molecule has 0 aliphatic carbocycles. The molecule has 3 aliphatic rings. The molecule has 5 heteroatoms. The Morgan fingerprint density at radius 2 is 0.828 bits per heavy atom. The van der Waals surface area contributed by atoms with E-state index in [0.29, 0.717) is 0 Å². The number of fused-ring (bicyclic) bond motifs is 6. The van der Waals surface area contributed by atoms with Gasteiger partial charge in [-0.05, 0) is 99.7 Å². The van der Waals surface area contributed by atoms with Crippen LogP contribution in [0.5, 0.6) is 0 Å². The zero-order valence-corrected chi connectivity index (χ0v) is 37.7. The Labute approximate surface area is 374 Å². The average molecular weight is 829 g/mol. The summed E-state index contributed by atoms with van der Waals surface area (Å²) in [6.07, 6.45) is 0. The Balaban J connectivity index is 1.17. The number of para-hydroxylation sites is 4. The molecule has 10 aromatic rings. The van der Waals surface area contributed by atoms with Gasteiger partial charge in [0.25, 0.3) is 6.71 Å². The van der Waals surface area contributed by atoms with Crippen LogP contribution in [0, 0.1) is 6.92 Å². The van der Waals surface area contributed by atoms with Crippen LogP contribution in [-0.4, -0.2) is 6.71 Å². The van der Waals surface area contributed by atoms with Crippen molar-refractivity contribution in [2.45, 2.75) is 71.6 Å². The molecule has 310 valence electrons. The van der Waals surface area contributed by atoms with Gasteiger partial charge in [0, 0.05) is 60.8 Å². The molecule has 8 aromatic carbocycles. The lowest BCUT2D eigenvalue weighted by molar-refractivity contribution is 0.572. The van der Waals surface area contributed by atoms with Crippen LogP contribution in [0.25, 0.3) is 43.9 Å². The van der Waals surface area contributed by atoms with E-state index in [4.69, 9.17) is 8.83 Å². The number of hydrogen-bond acceptors (Lipinski definition) is 4. The van der Waals surface area contributed by atoms with E-state index in [2.05, 4.69) is 217 Å². The zero-order chi connectivity index (χ0) is 43.6. The third-order valence-electron chi connectivity index (χ3n) is 14.8. The third-order valence-corrected chi connectivity index (χ3v) is 14.8. The maximum Gasteiger partial charge on any atom is 0.252 e. The highest BCUT2D eigenvalue weighted by molar-refractivity contribution is 7.01. The molecular weight excluding hydrogens is 779 g/mol. The highest BCUT2D eigenvalue weighted by Gasteiger charge is 2.53. The standard InChI is InChI=1S/C59H49BN2O2/c1-34-32-48-52-49(33-34)62(47-31-15-23-39-37-21-13-27-43(58(5,6)7)54(37)64-56(39)47)45-29-17-25-41-51(45)60(52)50-40(59(41,8)35-18-10-9-11-19-35)24-16-28-44(50)61(48)46-30-14-22-38-36-20-12-26-42(57(2,3)4)53(36)63-55(38)46/h9-33H,1-8H3. The molecule has 0 N–H and O–H groups in total. The maximum absolute atomic E-state index is 7.20. The van der Waals surface area contributed by atoms with Gasteiger partial charge in [0.2, 0.25) is 0 Å². The first-order chi connectivity index (χ1) is 30.8. The van der Waals surface area contributed by atoms with E-state index >= 15 is 0 Å². The van der Waals surface area contributed by atoms with Crippen molar-refractivity contribution in [2.24, 2.45) is 0 Å². The molecule has 0 spiro atoms. The van der Waals surface area contributed by atoms with Crippen molar-refractivity contribution in [3.63, 3.8) is 0 Å². The van der Waals surface area contributed by atoms with Gasteiger partial charge in [-0.3, -0.25) is 0 Å². The summed E-state index contributed by atoms with van der Waals surface area (Å²) in [5.41, 5.74) is 21.5. The number of aryl methyl sites for hydroxylation is 1. The molecule has 13 rings (SSSR count). The number of furan rings is 2. The molecule has 2 aromatic heterocycles. The highest BCUT2D eigenvalue weighted by atomic mass is 16.3. The Hall–Kier alpha value is -6.98. The first kappa shape index (κ1) is 37.6. The SMILES string of the molecule is Cc1cc2c3c(c1)N(c1cccc4c1oc1c(C(C)(C)C)cccc14)c1cccc4c1B3c1c(cccc1C4(C)c1ccccc1)N2c1cccc2c1oc1c(C(C)(C)C)cccc12. The maximum atomic E-state index is 7.20. The zero-order valence-electron chi connectivity index (χ0n) is 37.7. The molecule has 3 aliphatic heterocycles. The quantitative estimate of drug-likeness (QED) is 0.166. The van der Waals surface area contributed by atoms with Crippen LogP contribution in [-0.2, 0) is 16.2 Å². The van der Waals surface area contributed by atoms with Gasteiger partial charge < -0.3 is 18.6 Å². The molecule has 0 unspecified atom stereocenters. The third kappa shape index (κ3) is 4.79. The van der Waals surface area contributed by atoms with Crippen LogP contribution in [0.3, 0.4) is 0 Å². The predicted octanol–water partition coefficient (Wildman–Crippen LogP) is 14.1. The summed E-state index contributed by atoms with van der Waals surface area (Å²) < 4.78 is 14.4. The molecule has 0 atom stereocenters. The normalized spacial score (nSPS) is 14.9. The van der Waals surface area contributed by atoms with Gasteiger partial charge >= 0.3 is 0 Å². The Morgan fingerprint density at radius 3 is 1.28 bits per heavy atom. The Kier molecular flexibility index (Phi) is 7.40. The number of nitrogens with zero attached hydrogens (tertiary/aromatic N) is 2. The lowest BCUT2D eigenvalue weighted by atomic mass is 9.28. The highest BCUT2D eigenvalue weighted by Crippen LogP contribution is 2.53. The molecule has 4 nitrogen and oxygen atoms in total. The minimum Gasteiger partial charge on any atom is -0.454 e. The lowest BCUT2D eigenvalue weighted by Crippen LogP contribution is -2.67. The molecule has 0 radical (unpaired) electrons. The van der Waals surface area contributed by atoms with E-state index < -0.39 is 5.41 Å². The van der Waals surface area contributed by atoms with Crippen LogP contribution in [0.15, 0.2) is 160 Å². The first-order valence-corrected chi connectivity index (χ1v) is 22.8. The van der Waals surface area contributed by atoms with Crippen LogP contribution < -0.4 is 26.2 Å². The number of benzene rings is 8. The van der Waals surface area contributed by atoms with Gasteiger partial charge in [-0.25, -0.2) is 0 Å². The fourth-order valence-electron chi connectivity index (χ4n) is 12.0. The van der Waals surface area contributed by atoms with E-state index in [1.807, 2.05) is 0 Å². The topological polar surface area (TPSA) is 32.8 Å². The lowest BCUT2D eigenvalue weighted by Gasteiger charge is -2.51. The number of hydrogen-bond donors (Lipinski definition) is 0. The van der Waals surface area contributed by atoms with Crippen molar-refractivity contribution >= 4 is 101 Å². The van der Waals surface area contributed by atoms with Crippen LogP contribution >= 0.6 is 0 Å². The molecule has 5 heterocycles. The van der Waals surface area contributed by atoms with E-state index in [0.717, 1.165) is 55.3 Å². The minimum atomic E-state index is -0.453. The second-order valence-corrected chi connectivity index (χ2v) is 20.7. The van der Waals surface area contributed by atoms with Crippen molar-refractivity contribution in [1.29, 1.82) is 0 Å². The van der Waals surface area contributed by atoms with Crippen molar-refractivity contribution in [1.82, 2.24) is 0 Å². The van der Waals surface area contributed by atoms with Crippen molar-refractivity contribution < 1.29 is 8.83 Å². The molecular formula is C59H49BN2O2. The Morgan fingerprint density at radius 1 is 0.422 bits per heavy atom. The molecule has 0 bridgehead atoms. The average Bonchev–Trinajstić information content (AvgIpc) is 3.87. The smallest absolute Gasteiger partial charge is 0.252 e. The Bertz CT molecular complexity index is 3420. The summed E-state index contributed by atoms with van der Waals surface area (Å²) in [7, 11) is 0. The summed E-state index contributed by atoms with van der Waals surface area (Å²) in [6, 6.07) is 56.6. The van der Waals surface area contributed by atoms with E-state index in [1.54, 1.807) is 0 Å². The molecule has 0 fully saturated rings. The molecule has 0 saturated carbocycles. The summed E-state index contributed by atoms with van der Waals surface area (Å²) in [5.74, 6) is 0. The van der Waals surface area contributed by atoms with E-state index in [9.17, 15) is 0 Å². The van der Waals surface area contributed by atoms with Crippen molar-refractivity contribution in [3.05, 3.63) is 185 Å².